The fourth-order valence-electron chi connectivity index (χ4n) is 2.91. The predicted molar refractivity (Wildman–Crippen MR) is 99.0 cm³/mol. The Morgan fingerprint density at radius 2 is 1.00 bits per heavy atom. The van der Waals surface area contributed by atoms with Gasteiger partial charge in [-0.3, -0.25) is 0 Å². The van der Waals surface area contributed by atoms with Crippen molar-refractivity contribution in [2.24, 2.45) is 0 Å². The van der Waals surface area contributed by atoms with Crippen LogP contribution in [0.2, 0.25) is 0 Å². The maximum atomic E-state index is 2.43. The van der Waals surface area contributed by atoms with Crippen molar-refractivity contribution in [3.8, 4) is 0 Å². The molecular weight excluding hydrogens is 252 g/mol. The Balaban J connectivity index is 3.09. The van der Waals surface area contributed by atoms with Crippen LogP contribution in [0.3, 0.4) is 0 Å². The molecule has 0 aromatic carbocycles. The van der Waals surface area contributed by atoms with Gasteiger partial charge in [-0.25, -0.2) is 0 Å². The molecule has 21 heavy (non-hydrogen) atoms. The van der Waals surface area contributed by atoms with Crippen LogP contribution in [-0.2, 0) is 0 Å². The second kappa shape index (κ2) is 17.8. The molecule has 0 aromatic heterocycles. The molecule has 0 fully saturated rings. The average molecular weight is 295 g/mol. The van der Waals surface area contributed by atoms with Crippen LogP contribution in [0.25, 0.3) is 0 Å². The molecule has 0 saturated heterocycles. The van der Waals surface area contributed by atoms with E-state index in [0.717, 1.165) is 0 Å². The van der Waals surface area contributed by atoms with Gasteiger partial charge in [0.05, 0.1) is 0 Å². The minimum Gasteiger partial charge on any atom is -0.0856 e. The molecule has 0 spiro atoms. The molecule has 0 N–H and O–H groups in total. The van der Waals surface area contributed by atoms with Gasteiger partial charge in [0.2, 0.25) is 0 Å². The molecule has 0 atom stereocenters. The van der Waals surface area contributed by atoms with E-state index in [4.69, 9.17) is 0 Å². The van der Waals surface area contributed by atoms with Crippen LogP contribution in [0.1, 0.15) is 124 Å². The Bertz CT molecular complexity index is 214. The SMILES string of the molecule is CCCC=C(C)CCCCCCCCCCCCCCC. The summed E-state index contributed by atoms with van der Waals surface area (Å²) in [5, 5.41) is 0. The zero-order valence-electron chi connectivity index (χ0n) is 15.4. The van der Waals surface area contributed by atoms with E-state index in [-0.39, 0.29) is 0 Å². The minimum atomic E-state index is 1.27. The number of rotatable bonds is 16. The van der Waals surface area contributed by atoms with Crippen molar-refractivity contribution < 1.29 is 0 Å². The Hall–Kier alpha value is -0.260. The molecule has 0 amide bonds. The van der Waals surface area contributed by atoms with Gasteiger partial charge in [0.25, 0.3) is 0 Å². The third kappa shape index (κ3) is 17.7. The van der Waals surface area contributed by atoms with E-state index in [1.54, 1.807) is 5.57 Å². The van der Waals surface area contributed by atoms with Crippen molar-refractivity contribution in [2.75, 3.05) is 0 Å². The molecule has 126 valence electrons. The van der Waals surface area contributed by atoms with Crippen LogP contribution in [-0.4, -0.2) is 0 Å². The third-order valence-corrected chi connectivity index (χ3v) is 4.46. The Kier molecular flexibility index (Phi) is 17.6. The van der Waals surface area contributed by atoms with Crippen molar-refractivity contribution in [1.82, 2.24) is 0 Å². The van der Waals surface area contributed by atoms with Gasteiger partial charge >= 0.3 is 0 Å². The van der Waals surface area contributed by atoms with Crippen molar-refractivity contribution in [1.29, 1.82) is 0 Å². The maximum Gasteiger partial charge on any atom is -0.0323 e. The van der Waals surface area contributed by atoms with Crippen molar-refractivity contribution in [3.63, 3.8) is 0 Å². The minimum absolute atomic E-state index is 1.27. The largest absolute Gasteiger partial charge is 0.0856 e. The standard InChI is InChI=1S/C21H42/c1-4-6-8-9-10-11-12-13-14-15-16-17-18-20-21(3)19-7-5-2/h19H,4-18,20H2,1-3H3. The Morgan fingerprint density at radius 1 is 0.571 bits per heavy atom. The first-order valence-corrected chi connectivity index (χ1v) is 9.96. The van der Waals surface area contributed by atoms with Gasteiger partial charge in [-0.1, -0.05) is 109 Å². The summed E-state index contributed by atoms with van der Waals surface area (Å²) in [5.74, 6) is 0. The third-order valence-electron chi connectivity index (χ3n) is 4.46. The van der Waals surface area contributed by atoms with Crippen molar-refractivity contribution >= 4 is 0 Å². The maximum absolute atomic E-state index is 2.43. The van der Waals surface area contributed by atoms with E-state index < -0.39 is 0 Å². The number of unbranched alkanes of at least 4 members (excludes halogenated alkanes) is 13. The van der Waals surface area contributed by atoms with Gasteiger partial charge in [-0.05, 0) is 26.2 Å². The van der Waals surface area contributed by atoms with Crippen LogP contribution >= 0.6 is 0 Å². The first-order chi connectivity index (χ1) is 10.3. The van der Waals surface area contributed by atoms with Gasteiger partial charge in [-0.15, -0.1) is 0 Å². The number of hydrogen-bond donors (Lipinski definition) is 0. The summed E-state index contributed by atoms with van der Waals surface area (Å²) in [6.45, 7) is 6.86. The molecule has 0 unspecified atom stereocenters. The molecular formula is C21H42. The van der Waals surface area contributed by atoms with E-state index in [0.29, 0.717) is 0 Å². The summed E-state index contributed by atoms with van der Waals surface area (Å²) in [6.07, 6.45) is 25.2. The topological polar surface area (TPSA) is 0 Å². The summed E-state index contributed by atoms with van der Waals surface area (Å²) in [4.78, 5) is 0. The van der Waals surface area contributed by atoms with E-state index in [9.17, 15) is 0 Å². The summed E-state index contributed by atoms with van der Waals surface area (Å²) in [6, 6.07) is 0. The van der Waals surface area contributed by atoms with E-state index in [1.165, 1.54) is 103 Å². The second-order valence-corrected chi connectivity index (χ2v) is 6.83. The van der Waals surface area contributed by atoms with E-state index in [1.807, 2.05) is 0 Å². The second-order valence-electron chi connectivity index (χ2n) is 6.83. The van der Waals surface area contributed by atoms with E-state index >= 15 is 0 Å². The highest BCUT2D eigenvalue weighted by atomic mass is 14.0. The molecule has 0 heterocycles. The lowest BCUT2D eigenvalue weighted by Crippen LogP contribution is -1.84. The van der Waals surface area contributed by atoms with E-state index in [2.05, 4.69) is 26.8 Å². The molecule has 0 bridgehead atoms. The molecule has 0 aromatic rings. The van der Waals surface area contributed by atoms with Gasteiger partial charge in [0.1, 0.15) is 0 Å². The highest BCUT2D eigenvalue weighted by Crippen LogP contribution is 2.14. The molecule has 0 rings (SSSR count). The number of allylic oxidation sites excluding steroid dienone is 2. The first kappa shape index (κ1) is 20.7. The summed E-state index contributed by atoms with van der Waals surface area (Å²) < 4.78 is 0. The predicted octanol–water partition coefficient (Wildman–Crippen LogP) is 8.21. The molecule has 0 radical (unpaired) electrons. The summed E-state index contributed by atoms with van der Waals surface area (Å²) in [7, 11) is 0. The van der Waals surface area contributed by atoms with Gasteiger partial charge in [0.15, 0.2) is 0 Å². The average Bonchev–Trinajstić information content (AvgIpc) is 2.49. The van der Waals surface area contributed by atoms with Gasteiger partial charge < -0.3 is 0 Å². The Labute approximate surface area is 135 Å². The normalized spacial score (nSPS) is 12.0. The lowest BCUT2D eigenvalue weighted by molar-refractivity contribution is 0.539. The zero-order chi connectivity index (χ0) is 15.6. The molecule has 0 aliphatic rings. The summed E-state index contributed by atoms with van der Waals surface area (Å²) in [5.41, 5.74) is 1.61. The lowest BCUT2D eigenvalue weighted by Gasteiger charge is -2.04. The van der Waals surface area contributed by atoms with Crippen LogP contribution in [0, 0.1) is 0 Å². The molecule has 0 nitrogen and oxygen atoms in total. The van der Waals surface area contributed by atoms with Crippen molar-refractivity contribution in [2.45, 2.75) is 124 Å². The van der Waals surface area contributed by atoms with Crippen LogP contribution in [0.5, 0.6) is 0 Å². The summed E-state index contributed by atoms with van der Waals surface area (Å²) >= 11 is 0. The molecule has 0 aliphatic heterocycles. The fraction of sp³-hybridized carbons (Fsp3) is 0.905. The highest BCUT2D eigenvalue weighted by molar-refractivity contribution is 4.97. The number of hydrogen-bond acceptors (Lipinski definition) is 0. The van der Waals surface area contributed by atoms with Gasteiger partial charge in [-0.2, -0.15) is 0 Å². The smallest absolute Gasteiger partial charge is 0.0323 e. The van der Waals surface area contributed by atoms with Crippen LogP contribution in [0.15, 0.2) is 11.6 Å². The fourth-order valence-corrected chi connectivity index (χ4v) is 2.91. The monoisotopic (exact) mass is 294 g/mol. The first-order valence-electron chi connectivity index (χ1n) is 9.96. The van der Waals surface area contributed by atoms with Gasteiger partial charge in [0, 0.05) is 0 Å². The quantitative estimate of drug-likeness (QED) is 0.199. The molecule has 0 aliphatic carbocycles. The highest BCUT2D eigenvalue weighted by Gasteiger charge is 1.94. The van der Waals surface area contributed by atoms with Crippen LogP contribution in [0.4, 0.5) is 0 Å². The zero-order valence-corrected chi connectivity index (χ0v) is 15.4. The lowest BCUT2D eigenvalue weighted by atomic mass is 10.0. The molecule has 0 heteroatoms. The van der Waals surface area contributed by atoms with Crippen molar-refractivity contribution in [3.05, 3.63) is 11.6 Å². The Morgan fingerprint density at radius 3 is 1.43 bits per heavy atom. The molecule has 0 saturated carbocycles. The van der Waals surface area contributed by atoms with Crippen LogP contribution < -0.4 is 0 Å².